The molecule has 0 aliphatic carbocycles. The van der Waals surface area contributed by atoms with Crippen LogP contribution in [-0.4, -0.2) is 13.7 Å². The van der Waals surface area contributed by atoms with Crippen molar-refractivity contribution in [2.75, 3.05) is 13.7 Å². The van der Waals surface area contributed by atoms with Gasteiger partial charge in [0.2, 0.25) is 0 Å². The minimum absolute atomic E-state index is 0.122. The lowest BCUT2D eigenvalue weighted by atomic mass is 9.96. The van der Waals surface area contributed by atoms with Crippen LogP contribution in [0.4, 0.5) is 13.2 Å². The minimum Gasteiger partial charge on any atom is -0.496 e. The van der Waals surface area contributed by atoms with E-state index in [1.165, 1.54) is 13.2 Å². The van der Waals surface area contributed by atoms with Crippen molar-refractivity contribution in [3.05, 3.63) is 29.3 Å². The largest absolute Gasteiger partial charge is 0.496 e. The molecule has 0 bridgehead atoms. The Morgan fingerprint density at radius 2 is 2.06 bits per heavy atom. The van der Waals surface area contributed by atoms with Gasteiger partial charge in [-0.2, -0.15) is 13.2 Å². The summed E-state index contributed by atoms with van der Waals surface area (Å²) in [6.45, 7) is 0.898. The maximum absolute atomic E-state index is 12.5. The van der Waals surface area contributed by atoms with Crippen molar-refractivity contribution >= 4 is 0 Å². The highest BCUT2D eigenvalue weighted by molar-refractivity contribution is 5.41. The molecule has 0 aromatic heterocycles. The Balaban J connectivity index is 2.34. The highest BCUT2D eigenvalue weighted by Crippen LogP contribution is 2.36. The second-order valence-corrected chi connectivity index (χ2v) is 3.75. The number of hydrogen-bond acceptors (Lipinski definition) is 2. The van der Waals surface area contributed by atoms with Gasteiger partial charge in [0, 0.05) is 11.6 Å². The predicted octanol–water partition coefficient (Wildman–Crippen LogP) is 2.75. The summed E-state index contributed by atoms with van der Waals surface area (Å²) in [6.07, 6.45) is -3.39. The van der Waals surface area contributed by atoms with Gasteiger partial charge in [0.1, 0.15) is 5.75 Å². The number of methoxy groups -OCH3 is 1. The van der Waals surface area contributed by atoms with Crippen LogP contribution in [0.2, 0.25) is 0 Å². The Kier molecular flexibility index (Phi) is 2.80. The second kappa shape index (κ2) is 3.97. The maximum Gasteiger partial charge on any atom is 0.416 e. The van der Waals surface area contributed by atoms with Gasteiger partial charge in [-0.25, -0.2) is 0 Å². The van der Waals surface area contributed by atoms with E-state index < -0.39 is 11.7 Å². The first-order chi connectivity index (χ1) is 7.52. The van der Waals surface area contributed by atoms with E-state index in [4.69, 9.17) is 4.74 Å². The highest BCUT2D eigenvalue weighted by Gasteiger charge is 2.32. The zero-order valence-electron chi connectivity index (χ0n) is 8.77. The topological polar surface area (TPSA) is 21.3 Å². The Bertz CT molecular complexity index is 385. The van der Waals surface area contributed by atoms with Gasteiger partial charge in [0.05, 0.1) is 12.7 Å². The minimum atomic E-state index is -4.32. The number of nitrogens with one attached hydrogen (secondary N) is 1. The van der Waals surface area contributed by atoms with E-state index in [0.717, 1.165) is 30.7 Å². The van der Waals surface area contributed by atoms with Gasteiger partial charge in [0.15, 0.2) is 0 Å². The molecule has 1 atom stereocenters. The molecule has 1 aliphatic heterocycles. The molecule has 16 heavy (non-hydrogen) atoms. The summed E-state index contributed by atoms with van der Waals surface area (Å²) < 4.78 is 42.4. The van der Waals surface area contributed by atoms with Crippen LogP contribution in [0.3, 0.4) is 0 Å². The fraction of sp³-hybridized carbons (Fsp3) is 0.455. The molecule has 0 radical (unpaired) electrons. The molecule has 1 aromatic carbocycles. The molecule has 1 N–H and O–H groups in total. The van der Waals surface area contributed by atoms with Crippen LogP contribution in [-0.2, 0) is 6.18 Å². The quantitative estimate of drug-likeness (QED) is 0.845. The van der Waals surface area contributed by atoms with Crippen molar-refractivity contribution in [1.82, 2.24) is 5.32 Å². The summed E-state index contributed by atoms with van der Waals surface area (Å²) in [7, 11) is 1.39. The van der Waals surface area contributed by atoms with Crippen LogP contribution >= 0.6 is 0 Å². The van der Waals surface area contributed by atoms with Crippen LogP contribution in [0.15, 0.2) is 18.2 Å². The van der Waals surface area contributed by atoms with Gasteiger partial charge in [-0.3, -0.25) is 0 Å². The number of rotatable bonds is 2. The highest BCUT2D eigenvalue weighted by atomic mass is 19.4. The van der Waals surface area contributed by atoms with E-state index in [1.54, 1.807) is 0 Å². The zero-order chi connectivity index (χ0) is 11.8. The van der Waals surface area contributed by atoms with Gasteiger partial charge in [0.25, 0.3) is 0 Å². The van der Waals surface area contributed by atoms with Crippen molar-refractivity contribution < 1.29 is 17.9 Å². The van der Waals surface area contributed by atoms with Gasteiger partial charge < -0.3 is 10.1 Å². The number of benzene rings is 1. The predicted molar refractivity (Wildman–Crippen MR) is 53.4 cm³/mol. The van der Waals surface area contributed by atoms with Crippen molar-refractivity contribution in [1.29, 1.82) is 0 Å². The Hall–Kier alpha value is -1.23. The zero-order valence-corrected chi connectivity index (χ0v) is 8.77. The third kappa shape index (κ3) is 2.00. The van der Waals surface area contributed by atoms with Crippen LogP contribution in [0.25, 0.3) is 0 Å². The first-order valence-electron chi connectivity index (χ1n) is 5.01. The van der Waals surface area contributed by atoms with Crippen LogP contribution in [0, 0.1) is 0 Å². The summed E-state index contributed by atoms with van der Waals surface area (Å²) >= 11 is 0. The van der Waals surface area contributed by atoms with Gasteiger partial charge in [-0.15, -0.1) is 0 Å². The van der Waals surface area contributed by atoms with Crippen molar-refractivity contribution in [2.45, 2.75) is 18.6 Å². The Morgan fingerprint density at radius 3 is 2.50 bits per heavy atom. The standard InChI is InChI=1S/C11H12F3NO/c1-16-10-6-7(11(12,13)14)2-3-8(10)9-4-5-15-9/h2-3,6,9,15H,4-5H2,1H3/t9-/m1/s1. The number of alkyl halides is 3. The number of hydrogen-bond donors (Lipinski definition) is 1. The van der Waals surface area contributed by atoms with Gasteiger partial charge in [-0.05, 0) is 25.1 Å². The van der Waals surface area contributed by atoms with E-state index in [2.05, 4.69) is 5.32 Å². The molecule has 5 heteroatoms. The molecule has 1 aliphatic rings. The molecule has 2 nitrogen and oxygen atoms in total. The monoisotopic (exact) mass is 231 g/mol. The van der Waals surface area contributed by atoms with Crippen molar-refractivity contribution in [3.63, 3.8) is 0 Å². The molecule has 1 fully saturated rings. The van der Waals surface area contributed by atoms with Crippen molar-refractivity contribution in [2.24, 2.45) is 0 Å². The molecule has 1 heterocycles. The smallest absolute Gasteiger partial charge is 0.416 e. The molecular formula is C11H12F3NO. The molecule has 0 spiro atoms. The lowest BCUT2D eigenvalue weighted by Crippen LogP contribution is -2.35. The Labute approximate surface area is 91.4 Å². The van der Waals surface area contributed by atoms with Crippen LogP contribution < -0.4 is 10.1 Å². The first-order valence-corrected chi connectivity index (χ1v) is 5.01. The van der Waals surface area contributed by atoms with Gasteiger partial charge in [-0.1, -0.05) is 6.07 Å². The first kappa shape index (κ1) is 11.3. The van der Waals surface area contributed by atoms with E-state index in [1.807, 2.05) is 0 Å². The fourth-order valence-corrected chi connectivity index (χ4v) is 1.73. The van der Waals surface area contributed by atoms with E-state index in [9.17, 15) is 13.2 Å². The van der Waals surface area contributed by atoms with E-state index in [0.29, 0.717) is 5.75 Å². The number of halogens is 3. The fourth-order valence-electron chi connectivity index (χ4n) is 1.73. The normalized spacial score (nSPS) is 20.4. The average molecular weight is 231 g/mol. The summed E-state index contributed by atoms with van der Waals surface area (Å²) in [5.41, 5.74) is 0.120. The molecule has 1 saturated heterocycles. The summed E-state index contributed by atoms with van der Waals surface area (Å²) in [5, 5.41) is 3.13. The third-order valence-electron chi connectivity index (χ3n) is 2.76. The van der Waals surface area contributed by atoms with Crippen LogP contribution in [0.1, 0.15) is 23.6 Å². The van der Waals surface area contributed by atoms with E-state index in [-0.39, 0.29) is 6.04 Å². The number of ether oxygens (including phenoxy) is 1. The lowest BCUT2D eigenvalue weighted by Gasteiger charge is -2.29. The summed E-state index contributed by atoms with van der Waals surface area (Å²) in [5.74, 6) is 0.298. The Morgan fingerprint density at radius 1 is 1.38 bits per heavy atom. The third-order valence-corrected chi connectivity index (χ3v) is 2.76. The van der Waals surface area contributed by atoms with E-state index >= 15 is 0 Å². The summed E-state index contributed by atoms with van der Waals surface area (Å²) in [4.78, 5) is 0. The molecular weight excluding hydrogens is 219 g/mol. The second-order valence-electron chi connectivity index (χ2n) is 3.75. The molecule has 2 rings (SSSR count). The molecule has 1 aromatic rings. The SMILES string of the molecule is COc1cc(C(F)(F)F)ccc1[C@H]1CCN1. The van der Waals surface area contributed by atoms with Crippen molar-refractivity contribution in [3.8, 4) is 5.75 Å². The molecule has 0 saturated carbocycles. The van der Waals surface area contributed by atoms with Gasteiger partial charge >= 0.3 is 6.18 Å². The van der Waals surface area contributed by atoms with Crippen LogP contribution in [0.5, 0.6) is 5.75 Å². The lowest BCUT2D eigenvalue weighted by molar-refractivity contribution is -0.137. The average Bonchev–Trinajstić information content (AvgIpc) is 2.14. The molecule has 88 valence electrons. The molecule has 0 amide bonds. The molecule has 0 unspecified atom stereocenters. The summed E-state index contributed by atoms with van der Waals surface area (Å²) in [6, 6.07) is 3.75. The maximum atomic E-state index is 12.5.